The number of nitrogen functional groups attached to an aromatic ring is 1. The second-order valence-corrected chi connectivity index (χ2v) is 4.81. The van der Waals surface area contributed by atoms with E-state index in [1.165, 1.54) is 0 Å². The molecule has 2 aromatic carbocycles. The molecule has 0 saturated heterocycles. The van der Waals surface area contributed by atoms with E-state index in [1.807, 2.05) is 61.5 Å². The summed E-state index contributed by atoms with van der Waals surface area (Å²) in [6, 6.07) is 17.7. The minimum absolute atomic E-state index is 0.725. The third kappa shape index (κ3) is 2.84. The standard InChI is InChI=1S/C17H16N4/c1-12-16(13-6-5-7-14(18)10-13)19-11-20-17(12)21-15-8-3-2-4-9-15/h2-11H,18H2,1H3,(H,19,20,21). The number of aromatic nitrogens is 2. The average Bonchev–Trinajstić information content (AvgIpc) is 2.50. The summed E-state index contributed by atoms with van der Waals surface area (Å²) in [5.41, 5.74) is 10.4. The Morgan fingerprint density at radius 3 is 2.52 bits per heavy atom. The summed E-state index contributed by atoms with van der Waals surface area (Å²) < 4.78 is 0. The second-order valence-electron chi connectivity index (χ2n) is 4.81. The predicted molar refractivity (Wildman–Crippen MR) is 86.3 cm³/mol. The number of hydrogen-bond donors (Lipinski definition) is 2. The fourth-order valence-electron chi connectivity index (χ4n) is 2.21. The van der Waals surface area contributed by atoms with Gasteiger partial charge in [0, 0.05) is 22.5 Å². The number of para-hydroxylation sites is 1. The third-order valence-corrected chi connectivity index (χ3v) is 3.28. The first-order chi connectivity index (χ1) is 10.2. The number of hydrogen-bond acceptors (Lipinski definition) is 4. The highest BCUT2D eigenvalue weighted by Crippen LogP contribution is 2.27. The maximum atomic E-state index is 5.85. The molecule has 3 rings (SSSR count). The van der Waals surface area contributed by atoms with Gasteiger partial charge in [0.2, 0.25) is 0 Å². The summed E-state index contributed by atoms with van der Waals surface area (Å²) in [6.45, 7) is 2.00. The lowest BCUT2D eigenvalue weighted by molar-refractivity contribution is 1.14. The van der Waals surface area contributed by atoms with Gasteiger partial charge in [0.15, 0.2) is 0 Å². The fourth-order valence-corrected chi connectivity index (χ4v) is 2.21. The van der Waals surface area contributed by atoms with Crippen molar-refractivity contribution in [2.45, 2.75) is 6.92 Å². The first-order valence-electron chi connectivity index (χ1n) is 6.73. The van der Waals surface area contributed by atoms with Gasteiger partial charge in [0.25, 0.3) is 0 Å². The largest absolute Gasteiger partial charge is 0.399 e. The topological polar surface area (TPSA) is 63.8 Å². The van der Waals surface area contributed by atoms with Crippen molar-refractivity contribution in [2.24, 2.45) is 0 Å². The molecule has 0 aliphatic rings. The van der Waals surface area contributed by atoms with Crippen molar-refractivity contribution in [3.63, 3.8) is 0 Å². The molecule has 3 aromatic rings. The van der Waals surface area contributed by atoms with E-state index < -0.39 is 0 Å². The molecule has 0 aliphatic heterocycles. The van der Waals surface area contributed by atoms with Crippen LogP contribution in [-0.2, 0) is 0 Å². The van der Waals surface area contributed by atoms with E-state index in [1.54, 1.807) is 6.33 Å². The molecule has 0 bridgehead atoms. The van der Waals surface area contributed by atoms with Gasteiger partial charge in [-0.15, -0.1) is 0 Å². The highest BCUT2D eigenvalue weighted by molar-refractivity contribution is 5.72. The molecule has 0 saturated carbocycles. The van der Waals surface area contributed by atoms with Crippen LogP contribution in [0, 0.1) is 6.92 Å². The van der Waals surface area contributed by atoms with Crippen molar-refractivity contribution in [1.29, 1.82) is 0 Å². The molecule has 21 heavy (non-hydrogen) atoms. The lowest BCUT2D eigenvalue weighted by atomic mass is 10.1. The molecule has 0 amide bonds. The van der Waals surface area contributed by atoms with Gasteiger partial charge < -0.3 is 11.1 Å². The van der Waals surface area contributed by atoms with Gasteiger partial charge in [0.1, 0.15) is 12.1 Å². The van der Waals surface area contributed by atoms with Gasteiger partial charge in [-0.25, -0.2) is 9.97 Å². The quantitative estimate of drug-likeness (QED) is 0.715. The van der Waals surface area contributed by atoms with E-state index in [9.17, 15) is 0 Å². The summed E-state index contributed by atoms with van der Waals surface area (Å²) in [7, 11) is 0. The van der Waals surface area contributed by atoms with Gasteiger partial charge in [-0.3, -0.25) is 0 Å². The van der Waals surface area contributed by atoms with Crippen LogP contribution in [0.3, 0.4) is 0 Å². The zero-order valence-electron chi connectivity index (χ0n) is 11.7. The Labute approximate surface area is 123 Å². The van der Waals surface area contributed by atoms with E-state index >= 15 is 0 Å². The van der Waals surface area contributed by atoms with Gasteiger partial charge in [-0.1, -0.05) is 30.3 Å². The first-order valence-corrected chi connectivity index (χ1v) is 6.73. The Kier molecular flexibility index (Phi) is 3.51. The number of rotatable bonds is 3. The molecule has 0 unspecified atom stereocenters. The minimum Gasteiger partial charge on any atom is -0.399 e. The van der Waals surface area contributed by atoms with Crippen molar-refractivity contribution in [1.82, 2.24) is 9.97 Å². The highest BCUT2D eigenvalue weighted by Gasteiger charge is 2.09. The zero-order chi connectivity index (χ0) is 14.7. The van der Waals surface area contributed by atoms with Crippen molar-refractivity contribution in [3.05, 3.63) is 66.5 Å². The second kappa shape index (κ2) is 5.63. The Morgan fingerprint density at radius 2 is 1.76 bits per heavy atom. The van der Waals surface area contributed by atoms with Crippen LogP contribution in [0.2, 0.25) is 0 Å². The van der Waals surface area contributed by atoms with E-state index in [4.69, 9.17) is 5.73 Å². The normalized spacial score (nSPS) is 10.3. The molecule has 0 aliphatic carbocycles. The lowest BCUT2D eigenvalue weighted by Crippen LogP contribution is -2.00. The molecule has 104 valence electrons. The van der Waals surface area contributed by atoms with Crippen LogP contribution in [0.25, 0.3) is 11.3 Å². The van der Waals surface area contributed by atoms with Crippen molar-refractivity contribution >= 4 is 17.2 Å². The number of nitrogens with one attached hydrogen (secondary N) is 1. The molecule has 1 heterocycles. The van der Waals surface area contributed by atoms with E-state index in [0.717, 1.165) is 34.0 Å². The summed E-state index contributed by atoms with van der Waals surface area (Å²) >= 11 is 0. The van der Waals surface area contributed by atoms with Crippen LogP contribution in [0.1, 0.15) is 5.56 Å². The van der Waals surface area contributed by atoms with E-state index in [2.05, 4.69) is 15.3 Å². The summed E-state index contributed by atoms with van der Waals surface area (Å²) in [4.78, 5) is 8.71. The van der Waals surface area contributed by atoms with Crippen LogP contribution < -0.4 is 11.1 Å². The Balaban J connectivity index is 1.99. The molecule has 0 fully saturated rings. The Hall–Kier alpha value is -2.88. The smallest absolute Gasteiger partial charge is 0.137 e. The van der Waals surface area contributed by atoms with Gasteiger partial charge in [-0.2, -0.15) is 0 Å². The third-order valence-electron chi connectivity index (χ3n) is 3.28. The summed E-state index contributed by atoms with van der Waals surface area (Å²) in [6.07, 6.45) is 1.57. The minimum atomic E-state index is 0.725. The number of nitrogens with zero attached hydrogens (tertiary/aromatic N) is 2. The van der Waals surface area contributed by atoms with Crippen molar-refractivity contribution in [2.75, 3.05) is 11.1 Å². The van der Waals surface area contributed by atoms with Gasteiger partial charge in [-0.05, 0) is 31.2 Å². The SMILES string of the molecule is Cc1c(Nc2ccccc2)ncnc1-c1cccc(N)c1. The Bertz CT molecular complexity index is 754. The van der Waals surface area contributed by atoms with Gasteiger partial charge in [0.05, 0.1) is 5.69 Å². The monoisotopic (exact) mass is 276 g/mol. The fraction of sp³-hybridized carbons (Fsp3) is 0.0588. The first kappa shape index (κ1) is 13.1. The van der Waals surface area contributed by atoms with Crippen LogP contribution in [0.15, 0.2) is 60.9 Å². The molecular formula is C17H16N4. The molecule has 1 aromatic heterocycles. The molecule has 3 N–H and O–H groups in total. The van der Waals surface area contributed by atoms with E-state index in [-0.39, 0.29) is 0 Å². The molecule has 0 radical (unpaired) electrons. The summed E-state index contributed by atoms with van der Waals surface area (Å²) in [5, 5.41) is 3.31. The van der Waals surface area contributed by atoms with Crippen LogP contribution in [0.5, 0.6) is 0 Å². The van der Waals surface area contributed by atoms with Gasteiger partial charge >= 0.3 is 0 Å². The van der Waals surface area contributed by atoms with Crippen molar-refractivity contribution in [3.8, 4) is 11.3 Å². The predicted octanol–water partition coefficient (Wildman–Crippen LogP) is 3.78. The van der Waals surface area contributed by atoms with E-state index in [0.29, 0.717) is 0 Å². The maximum absolute atomic E-state index is 5.85. The molecule has 4 heteroatoms. The summed E-state index contributed by atoms with van der Waals surface area (Å²) in [5.74, 6) is 0.800. The molecule has 4 nitrogen and oxygen atoms in total. The number of benzene rings is 2. The molecule has 0 spiro atoms. The van der Waals surface area contributed by atoms with Crippen LogP contribution in [-0.4, -0.2) is 9.97 Å². The number of nitrogens with two attached hydrogens (primary N) is 1. The number of anilines is 3. The molecule has 0 atom stereocenters. The van der Waals surface area contributed by atoms with Crippen LogP contribution >= 0.6 is 0 Å². The lowest BCUT2D eigenvalue weighted by Gasteiger charge is -2.11. The highest BCUT2D eigenvalue weighted by atomic mass is 15.0. The average molecular weight is 276 g/mol. The zero-order valence-corrected chi connectivity index (χ0v) is 11.7. The maximum Gasteiger partial charge on any atom is 0.137 e. The Morgan fingerprint density at radius 1 is 0.952 bits per heavy atom. The molecular weight excluding hydrogens is 260 g/mol. The van der Waals surface area contributed by atoms with Crippen molar-refractivity contribution < 1.29 is 0 Å². The van der Waals surface area contributed by atoms with Crippen LogP contribution in [0.4, 0.5) is 17.2 Å².